The fraction of sp³-hybridized carbons (Fsp3) is 0.667. The molecular formula is C6H8NO2. The predicted octanol–water partition coefficient (Wildman–Crippen LogP) is -0.222. The van der Waals surface area contributed by atoms with Gasteiger partial charge in [-0.1, -0.05) is 0 Å². The van der Waals surface area contributed by atoms with E-state index in [2.05, 4.69) is 6.92 Å². The molecule has 2 aliphatic heterocycles. The lowest BCUT2D eigenvalue weighted by Gasteiger charge is -2.31. The number of carbonyl (C=O) groups is 1. The Morgan fingerprint density at radius 2 is 2.56 bits per heavy atom. The summed E-state index contributed by atoms with van der Waals surface area (Å²) in [6, 6.07) is 0. The maximum atomic E-state index is 10.7. The van der Waals surface area contributed by atoms with Crippen LogP contribution in [0, 0.1) is 6.92 Å². The molecule has 0 N–H and O–H groups in total. The first-order valence-electron chi connectivity index (χ1n) is 3.05. The zero-order valence-corrected chi connectivity index (χ0v) is 5.04. The van der Waals surface area contributed by atoms with Gasteiger partial charge in [0.25, 0.3) is 0 Å². The molecule has 9 heavy (non-hydrogen) atoms. The van der Waals surface area contributed by atoms with Crippen molar-refractivity contribution in [1.82, 2.24) is 4.90 Å². The number of rotatable bonds is 0. The Kier molecular flexibility index (Phi) is 0.858. The number of amides is 1. The molecule has 0 bridgehead atoms. The molecule has 3 nitrogen and oxygen atoms in total. The number of ether oxygens (including phenoxy) is 1. The van der Waals surface area contributed by atoms with Gasteiger partial charge in [0.1, 0.15) is 6.23 Å². The molecule has 2 rings (SSSR count). The van der Waals surface area contributed by atoms with Crippen LogP contribution in [0.4, 0.5) is 0 Å². The van der Waals surface area contributed by atoms with Gasteiger partial charge >= 0.3 is 0 Å². The fourth-order valence-corrected chi connectivity index (χ4v) is 1.25. The van der Waals surface area contributed by atoms with E-state index in [9.17, 15) is 4.79 Å². The van der Waals surface area contributed by atoms with E-state index in [1.54, 1.807) is 4.90 Å². The molecule has 2 saturated heterocycles. The van der Waals surface area contributed by atoms with Crippen LogP contribution in [0.2, 0.25) is 0 Å². The van der Waals surface area contributed by atoms with Gasteiger partial charge in [0.15, 0.2) is 0 Å². The molecule has 3 heteroatoms. The average molecular weight is 126 g/mol. The van der Waals surface area contributed by atoms with Crippen molar-refractivity contribution in [3.05, 3.63) is 6.92 Å². The summed E-state index contributed by atoms with van der Waals surface area (Å²) in [7, 11) is 0. The maximum absolute atomic E-state index is 10.7. The summed E-state index contributed by atoms with van der Waals surface area (Å²) < 4.78 is 5.22. The molecule has 0 saturated carbocycles. The van der Waals surface area contributed by atoms with Crippen molar-refractivity contribution in [2.75, 3.05) is 6.54 Å². The minimum absolute atomic E-state index is 0.00134. The Labute approximate surface area is 53.6 Å². The van der Waals surface area contributed by atoms with Gasteiger partial charge in [0, 0.05) is 6.54 Å². The SMILES string of the molecule is [CH2]C1CN2C(=O)CC2O1. The van der Waals surface area contributed by atoms with E-state index in [4.69, 9.17) is 4.74 Å². The van der Waals surface area contributed by atoms with E-state index in [1.807, 2.05) is 0 Å². The number of fused-ring (bicyclic) bond motifs is 1. The van der Waals surface area contributed by atoms with Crippen LogP contribution in [0.15, 0.2) is 0 Å². The van der Waals surface area contributed by atoms with Gasteiger partial charge in [-0.25, -0.2) is 0 Å². The highest BCUT2D eigenvalue weighted by atomic mass is 16.5. The fourth-order valence-electron chi connectivity index (χ4n) is 1.25. The second-order valence-corrected chi connectivity index (χ2v) is 2.46. The van der Waals surface area contributed by atoms with E-state index in [0.29, 0.717) is 13.0 Å². The Balaban J connectivity index is 2.08. The molecule has 0 aromatic rings. The van der Waals surface area contributed by atoms with Crippen molar-refractivity contribution in [2.45, 2.75) is 18.8 Å². The number of hydrogen-bond acceptors (Lipinski definition) is 2. The maximum Gasteiger partial charge on any atom is 0.229 e. The van der Waals surface area contributed by atoms with Crippen molar-refractivity contribution < 1.29 is 9.53 Å². The summed E-state index contributed by atoms with van der Waals surface area (Å²) in [4.78, 5) is 12.4. The Morgan fingerprint density at radius 3 is 3.00 bits per heavy atom. The van der Waals surface area contributed by atoms with Crippen LogP contribution in [-0.2, 0) is 9.53 Å². The highest BCUT2D eigenvalue weighted by Gasteiger charge is 2.43. The molecule has 2 unspecified atom stereocenters. The first-order valence-corrected chi connectivity index (χ1v) is 3.05. The first kappa shape index (κ1) is 5.23. The highest BCUT2D eigenvalue weighted by Crippen LogP contribution is 2.27. The molecule has 49 valence electrons. The Hall–Kier alpha value is -0.570. The third kappa shape index (κ3) is 0.580. The van der Waals surface area contributed by atoms with Gasteiger partial charge in [-0.15, -0.1) is 0 Å². The molecular weight excluding hydrogens is 118 g/mol. The number of hydrogen-bond donors (Lipinski definition) is 0. The number of carbonyl (C=O) groups excluding carboxylic acids is 1. The molecule has 2 fully saturated rings. The van der Waals surface area contributed by atoms with E-state index >= 15 is 0 Å². The largest absolute Gasteiger partial charge is 0.353 e. The third-order valence-corrected chi connectivity index (χ3v) is 1.77. The van der Waals surface area contributed by atoms with Gasteiger partial charge in [-0.2, -0.15) is 0 Å². The van der Waals surface area contributed by atoms with E-state index in [0.717, 1.165) is 0 Å². The summed E-state index contributed by atoms with van der Waals surface area (Å²) >= 11 is 0. The lowest BCUT2D eigenvalue weighted by Crippen LogP contribution is -2.48. The smallest absolute Gasteiger partial charge is 0.229 e. The zero-order valence-electron chi connectivity index (χ0n) is 5.04. The van der Waals surface area contributed by atoms with Gasteiger partial charge in [-0.3, -0.25) is 4.79 Å². The molecule has 2 aliphatic rings. The Bertz CT molecular complexity index is 157. The normalized spacial score (nSPS) is 40.6. The quantitative estimate of drug-likeness (QED) is 0.420. The minimum atomic E-state index is 0.00134. The lowest BCUT2D eigenvalue weighted by atomic mass is 10.2. The van der Waals surface area contributed by atoms with Crippen LogP contribution < -0.4 is 0 Å². The van der Waals surface area contributed by atoms with E-state index in [1.165, 1.54) is 0 Å². The second kappa shape index (κ2) is 1.48. The highest BCUT2D eigenvalue weighted by molar-refractivity contribution is 5.82. The van der Waals surface area contributed by atoms with Crippen molar-refractivity contribution in [3.8, 4) is 0 Å². The molecule has 2 atom stereocenters. The zero-order chi connectivity index (χ0) is 6.43. The summed E-state index contributed by atoms with van der Waals surface area (Å²) in [5.74, 6) is 0.200. The molecule has 0 aromatic carbocycles. The number of nitrogens with zero attached hydrogens (tertiary/aromatic N) is 1. The lowest BCUT2D eigenvalue weighted by molar-refractivity contribution is -0.155. The van der Waals surface area contributed by atoms with Crippen molar-refractivity contribution >= 4 is 5.91 Å². The molecule has 1 radical (unpaired) electrons. The van der Waals surface area contributed by atoms with Gasteiger partial charge in [0.2, 0.25) is 5.91 Å². The van der Waals surface area contributed by atoms with Crippen LogP contribution in [0.25, 0.3) is 0 Å². The van der Waals surface area contributed by atoms with Crippen LogP contribution >= 0.6 is 0 Å². The Morgan fingerprint density at radius 1 is 1.78 bits per heavy atom. The minimum Gasteiger partial charge on any atom is -0.353 e. The van der Waals surface area contributed by atoms with E-state index < -0.39 is 0 Å². The van der Waals surface area contributed by atoms with Crippen LogP contribution in [0.3, 0.4) is 0 Å². The molecule has 0 aromatic heterocycles. The summed E-state index contributed by atoms with van der Waals surface area (Å²) in [5.41, 5.74) is 0. The van der Waals surface area contributed by atoms with Crippen LogP contribution in [0.5, 0.6) is 0 Å². The summed E-state index contributed by atoms with van der Waals surface area (Å²) in [6.45, 7) is 4.38. The molecule has 2 heterocycles. The monoisotopic (exact) mass is 126 g/mol. The van der Waals surface area contributed by atoms with Crippen molar-refractivity contribution in [2.24, 2.45) is 0 Å². The van der Waals surface area contributed by atoms with Crippen molar-refractivity contribution in [3.63, 3.8) is 0 Å². The van der Waals surface area contributed by atoms with Crippen LogP contribution in [0.1, 0.15) is 6.42 Å². The standard InChI is InChI=1S/C6H8NO2/c1-4-3-7-5(8)2-6(7)9-4/h4,6H,1-3H2. The van der Waals surface area contributed by atoms with E-state index in [-0.39, 0.29) is 18.2 Å². The topological polar surface area (TPSA) is 29.5 Å². The molecule has 1 amide bonds. The average Bonchev–Trinajstić information content (AvgIpc) is 2.08. The predicted molar refractivity (Wildman–Crippen MR) is 30.3 cm³/mol. The molecule has 0 aliphatic carbocycles. The van der Waals surface area contributed by atoms with Crippen LogP contribution in [-0.4, -0.2) is 29.7 Å². The first-order chi connectivity index (χ1) is 4.27. The van der Waals surface area contributed by atoms with Gasteiger partial charge in [-0.05, 0) is 6.92 Å². The summed E-state index contributed by atoms with van der Waals surface area (Å²) in [5, 5.41) is 0. The second-order valence-electron chi connectivity index (χ2n) is 2.46. The van der Waals surface area contributed by atoms with Gasteiger partial charge < -0.3 is 9.64 Å². The van der Waals surface area contributed by atoms with Crippen molar-refractivity contribution in [1.29, 1.82) is 0 Å². The summed E-state index contributed by atoms with van der Waals surface area (Å²) in [6.07, 6.45) is 0.632. The molecule has 0 spiro atoms. The van der Waals surface area contributed by atoms with Gasteiger partial charge in [0.05, 0.1) is 12.5 Å². The number of β-lactam (4-membered cyclic amide) rings is 1. The third-order valence-electron chi connectivity index (χ3n) is 1.77.